The lowest BCUT2D eigenvalue weighted by molar-refractivity contribution is 0.0849. The lowest BCUT2D eigenvalue weighted by Crippen LogP contribution is -2.20. The van der Waals surface area contributed by atoms with Crippen LogP contribution in [-0.2, 0) is 0 Å². The van der Waals surface area contributed by atoms with Crippen LogP contribution >= 0.6 is 0 Å². The van der Waals surface area contributed by atoms with Crippen molar-refractivity contribution in [2.24, 2.45) is 0 Å². The van der Waals surface area contributed by atoms with Crippen LogP contribution in [0.4, 0.5) is 0 Å². The van der Waals surface area contributed by atoms with E-state index in [2.05, 4.69) is 0 Å². The van der Waals surface area contributed by atoms with E-state index in [1.54, 1.807) is 25.3 Å². The van der Waals surface area contributed by atoms with E-state index < -0.39 is 0 Å². The fourth-order valence-corrected chi connectivity index (χ4v) is 3.00. The summed E-state index contributed by atoms with van der Waals surface area (Å²) < 4.78 is 22.6. The van der Waals surface area contributed by atoms with Crippen molar-refractivity contribution in [3.63, 3.8) is 0 Å². The lowest BCUT2D eigenvalue weighted by Gasteiger charge is -2.26. The number of fused-ring (bicyclic) bond motifs is 2. The molecule has 0 spiro atoms. The molecule has 2 aromatic rings. The van der Waals surface area contributed by atoms with Gasteiger partial charge < -0.3 is 18.9 Å². The van der Waals surface area contributed by atoms with E-state index in [4.69, 9.17) is 18.9 Å². The third-order valence-corrected chi connectivity index (χ3v) is 4.27. The third kappa shape index (κ3) is 2.66. The van der Waals surface area contributed by atoms with Crippen LogP contribution in [0.15, 0.2) is 36.4 Å². The van der Waals surface area contributed by atoms with Crippen molar-refractivity contribution in [3.05, 3.63) is 47.5 Å². The average molecular weight is 326 g/mol. The number of ketones is 1. The van der Waals surface area contributed by atoms with Gasteiger partial charge >= 0.3 is 0 Å². The van der Waals surface area contributed by atoms with Crippen molar-refractivity contribution in [1.29, 1.82) is 0 Å². The van der Waals surface area contributed by atoms with Gasteiger partial charge in [0.15, 0.2) is 17.3 Å². The quantitative estimate of drug-likeness (QED) is 0.844. The van der Waals surface area contributed by atoms with Gasteiger partial charge in [-0.3, -0.25) is 4.79 Å². The van der Waals surface area contributed by atoms with Gasteiger partial charge in [0, 0.05) is 6.42 Å². The summed E-state index contributed by atoms with van der Waals surface area (Å²) in [7, 11) is 1.58. The first kappa shape index (κ1) is 14.9. The van der Waals surface area contributed by atoms with Crippen LogP contribution in [0.2, 0.25) is 0 Å². The zero-order valence-corrected chi connectivity index (χ0v) is 13.4. The number of carbonyl (C=O) groups excluding carboxylic acids is 1. The maximum absolute atomic E-state index is 12.5. The predicted octanol–water partition coefficient (Wildman–Crippen LogP) is 3.56. The van der Waals surface area contributed by atoms with Gasteiger partial charge in [-0.25, -0.2) is 0 Å². The highest BCUT2D eigenvalue weighted by atomic mass is 16.5. The first-order chi connectivity index (χ1) is 11.7. The summed E-state index contributed by atoms with van der Waals surface area (Å²) >= 11 is 0. The molecule has 0 saturated carbocycles. The summed E-state index contributed by atoms with van der Waals surface area (Å²) in [5, 5.41) is 0. The molecule has 0 bridgehead atoms. The van der Waals surface area contributed by atoms with Crippen LogP contribution in [-0.4, -0.2) is 26.1 Å². The van der Waals surface area contributed by atoms with E-state index in [9.17, 15) is 4.79 Å². The van der Waals surface area contributed by atoms with Gasteiger partial charge in [-0.05, 0) is 35.9 Å². The Bertz CT molecular complexity index is 783. The summed E-state index contributed by atoms with van der Waals surface area (Å²) in [5.41, 5.74) is 1.48. The van der Waals surface area contributed by atoms with E-state index in [0.717, 1.165) is 17.7 Å². The molecule has 0 N–H and O–H groups in total. The monoisotopic (exact) mass is 326 g/mol. The van der Waals surface area contributed by atoms with E-state index in [0.29, 0.717) is 42.4 Å². The topological polar surface area (TPSA) is 54.0 Å². The summed E-state index contributed by atoms with van der Waals surface area (Å²) in [4.78, 5) is 12.5. The Hall–Kier alpha value is -2.69. The Balaban J connectivity index is 1.64. The van der Waals surface area contributed by atoms with Crippen LogP contribution in [0.1, 0.15) is 34.9 Å². The van der Waals surface area contributed by atoms with Crippen LogP contribution in [0.3, 0.4) is 0 Å². The lowest BCUT2D eigenvalue weighted by atomic mass is 9.96. The van der Waals surface area contributed by atoms with Gasteiger partial charge in [0.2, 0.25) is 0 Å². The van der Waals surface area contributed by atoms with Gasteiger partial charge in [-0.1, -0.05) is 6.07 Å². The molecule has 2 heterocycles. The number of ether oxygens (including phenoxy) is 4. The van der Waals surface area contributed by atoms with Crippen LogP contribution in [0, 0.1) is 0 Å². The minimum atomic E-state index is -0.324. The van der Waals surface area contributed by atoms with E-state index in [1.165, 1.54) is 0 Å². The molecule has 0 fully saturated rings. The standard InChI is InChI=1S/C19H18O5/c1-21-13-4-6-16-14(10-13)15(20)11-18(24-16)12-3-5-17-19(9-12)23-8-2-7-22-17/h3-6,9-10,18H,2,7-8,11H2,1H3/t18-/m1/s1. The molecule has 1 atom stereocenters. The smallest absolute Gasteiger partial charge is 0.170 e. The van der Waals surface area contributed by atoms with Gasteiger partial charge in [0.05, 0.1) is 32.3 Å². The molecule has 0 aromatic heterocycles. The number of hydrogen-bond acceptors (Lipinski definition) is 5. The van der Waals surface area contributed by atoms with Gasteiger partial charge in [0.1, 0.15) is 17.6 Å². The highest BCUT2D eigenvalue weighted by Gasteiger charge is 2.29. The molecule has 5 nitrogen and oxygen atoms in total. The number of carbonyl (C=O) groups is 1. The van der Waals surface area contributed by atoms with Crippen LogP contribution < -0.4 is 18.9 Å². The number of Topliss-reactive ketones (excluding diaryl/α,β-unsaturated/α-hetero) is 1. The molecule has 4 rings (SSSR count). The maximum atomic E-state index is 12.5. The third-order valence-electron chi connectivity index (χ3n) is 4.27. The van der Waals surface area contributed by atoms with Gasteiger partial charge in [-0.15, -0.1) is 0 Å². The SMILES string of the molecule is COc1ccc2c(c1)C(=O)C[C@H](c1ccc3c(c1)OCCCO3)O2. The van der Waals surface area contributed by atoms with E-state index >= 15 is 0 Å². The largest absolute Gasteiger partial charge is 0.497 e. The average Bonchev–Trinajstić information content (AvgIpc) is 2.86. The van der Waals surface area contributed by atoms with Crippen molar-refractivity contribution in [3.8, 4) is 23.0 Å². The van der Waals surface area contributed by atoms with Crippen molar-refractivity contribution in [2.45, 2.75) is 18.9 Å². The second-order valence-electron chi connectivity index (χ2n) is 5.85. The predicted molar refractivity (Wildman–Crippen MR) is 87.4 cm³/mol. The van der Waals surface area contributed by atoms with Crippen LogP contribution in [0.25, 0.3) is 0 Å². The highest BCUT2D eigenvalue weighted by Crippen LogP contribution is 2.39. The molecule has 0 aliphatic carbocycles. The number of benzene rings is 2. The Morgan fingerprint density at radius 1 is 1.00 bits per heavy atom. The molecular formula is C19H18O5. The van der Waals surface area contributed by atoms with Crippen LogP contribution in [0.5, 0.6) is 23.0 Å². The molecule has 5 heteroatoms. The Morgan fingerprint density at radius 3 is 2.62 bits per heavy atom. The molecule has 0 unspecified atom stereocenters. The molecule has 24 heavy (non-hydrogen) atoms. The molecule has 2 aromatic carbocycles. The van der Waals surface area contributed by atoms with Gasteiger partial charge in [-0.2, -0.15) is 0 Å². The second kappa shape index (κ2) is 6.07. The Kier molecular flexibility index (Phi) is 3.76. The van der Waals surface area contributed by atoms with E-state index in [-0.39, 0.29) is 11.9 Å². The molecule has 2 aliphatic heterocycles. The zero-order valence-electron chi connectivity index (χ0n) is 13.4. The summed E-state index contributed by atoms with van der Waals surface area (Å²) in [6.07, 6.45) is 0.827. The summed E-state index contributed by atoms with van der Waals surface area (Å²) in [6, 6.07) is 11.0. The summed E-state index contributed by atoms with van der Waals surface area (Å²) in [5.74, 6) is 2.74. The number of rotatable bonds is 2. The minimum Gasteiger partial charge on any atom is -0.497 e. The molecular weight excluding hydrogens is 308 g/mol. The fraction of sp³-hybridized carbons (Fsp3) is 0.316. The number of hydrogen-bond donors (Lipinski definition) is 0. The molecule has 0 radical (unpaired) electrons. The minimum absolute atomic E-state index is 0.0484. The molecule has 2 aliphatic rings. The van der Waals surface area contributed by atoms with Crippen molar-refractivity contribution in [2.75, 3.05) is 20.3 Å². The normalized spacial score (nSPS) is 19.0. The van der Waals surface area contributed by atoms with E-state index in [1.807, 2.05) is 18.2 Å². The molecule has 0 saturated heterocycles. The van der Waals surface area contributed by atoms with Crippen molar-refractivity contribution >= 4 is 5.78 Å². The van der Waals surface area contributed by atoms with Crippen molar-refractivity contribution in [1.82, 2.24) is 0 Å². The van der Waals surface area contributed by atoms with Gasteiger partial charge in [0.25, 0.3) is 0 Å². The zero-order chi connectivity index (χ0) is 16.5. The molecule has 0 amide bonds. The second-order valence-corrected chi connectivity index (χ2v) is 5.85. The highest BCUT2D eigenvalue weighted by molar-refractivity contribution is 6.00. The number of methoxy groups -OCH3 is 1. The Morgan fingerprint density at radius 2 is 1.79 bits per heavy atom. The van der Waals surface area contributed by atoms with Crippen molar-refractivity contribution < 1.29 is 23.7 Å². The first-order valence-corrected chi connectivity index (χ1v) is 8.02. The fourth-order valence-electron chi connectivity index (χ4n) is 3.00. The summed E-state index contributed by atoms with van der Waals surface area (Å²) in [6.45, 7) is 1.28. The molecule has 124 valence electrons. The first-order valence-electron chi connectivity index (χ1n) is 8.02. The maximum Gasteiger partial charge on any atom is 0.170 e. The Labute approximate surface area is 140 Å².